The summed E-state index contributed by atoms with van der Waals surface area (Å²) in [4.78, 5) is 2.89. The number of hydrogen-bond acceptors (Lipinski definition) is 2. The molecule has 1 saturated carbocycles. The molecular weight excluding hydrogens is 244 g/mol. The van der Waals surface area contributed by atoms with E-state index in [-0.39, 0.29) is 0 Å². The fraction of sp³-hybridized carbons (Fsp3) is 1.00. The molecule has 0 bridgehead atoms. The molecule has 1 saturated heterocycles. The normalized spacial score (nSPS) is 32.5. The predicted octanol–water partition coefficient (Wildman–Crippen LogP) is 4.05. The van der Waals surface area contributed by atoms with E-state index in [0.29, 0.717) is 23.0 Å². The van der Waals surface area contributed by atoms with E-state index in [1.165, 1.54) is 38.6 Å². The highest BCUT2D eigenvalue weighted by molar-refractivity contribution is 5.00. The minimum atomic E-state index is 0.352. The highest BCUT2D eigenvalue weighted by atomic mass is 15.3. The number of hydrogen-bond donors (Lipinski definition) is 1. The zero-order valence-electron chi connectivity index (χ0n) is 14.6. The SMILES string of the molecule is CC(C)C1CNC(C(C)(C)C)CN1C1(C)CCCCC1. The Balaban J connectivity index is 2.18. The van der Waals surface area contributed by atoms with E-state index in [9.17, 15) is 0 Å². The summed E-state index contributed by atoms with van der Waals surface area (Å²) in [6, 6.07) is 1.33. The first-order valence-electron chi connectivity index (χ1n) is 8.74. The molecule has 118 valence electrons. The second-order valence-electron chi connectivity index (χ2n) is 8.85. The Bertz CT molecular complexity index is 310. The van der Waals surface area contributed by atoms with Crippen molar-refractivity contribution in [3.63, 3.8) is 0 Å². The second kappa shape index (κ2) is 5.96. The minimum Gasteiger partial charge on any atom is -0.311 e. The van der Waals surface area contributed by atoms with Crippen LogP contribution in [0.4, 0.5) is 0 Å². The average Bonchev–Trinajstić information content (AvgIpc) is 2.38. The van der Waals surface area contributed by atoms with Gasteiger partial charge in [0.05, 0.1) is 0 Å². The van der Waals surface area contributed by atoms with Gasteiger partial charge in [0.1, 0.15) is 0 Å². The van der Waals surface area contributed by atoms with Crippen molar-refractivity contribution in [2.45, 2.75) is 91.3 Å². The molecule has 2 atom stereocenters. The molecule has 2 heteroatoms. The van der Waals surface area contributed by atoms with Crippen molar-refractivity contribution in [3.05, 3.63) is 0 Å². The average molecular weight is 280 g/mol. The van der Waals surface area contributed by atoms with Crippen molar-refractivity contribution in [1.29, 1.82) is 0 Å². The Labute approximate surface area is 126 Å². The molecule has 2 fully saturated rings. The first-order chi connectivity index (χ1) is 9.24. The molecule has 1 heterocycles. The van der Waals surface area contributed by atoms with E-state index >= 15 is 0 Å². The molecule has 1 N–H and O–H groups in total. The molecule has 0 aromatic rings. The monoisotopic (exact) mass is 280 g/mol. The molecule has 2 rings (SSSR count). The number of nitrogens with one attached hydrogen (secondary N) is 1. The molecule has 0 radical (unpaired) electrons. The van der Waals surface area contributed by atoms with Crippen LogP contribution in [0.3, 0.4) is 0 Å². The van der Waals surface area contributed by atoms with Gasteiger partial charge in [0.15, 0.2) is 0 Å². The second-order valence-corrected chi connectivity index (χ2v) is 8.85. The lowest BCUT2D eigenvalue weighted by Gasteiger charge is -2.55. The van der Waals surface area contributed by atoms with Crippen molar-refractivity contribution in [1.82, 2.24) is 10.2 Å². The first kappa shape index (κ1) is 16.3. The van der Waals surface area contributed by atoms with Crippen LogP contribution < -0.4 is 5.32 Å². The summed E-state index contributed by atoms with van der Waals surface area (Å²) in [5.74, 6) is 0.738. The zero-order chi connectivity index (χ0) is 15.0. The summed E-state index contributed by atoms with van der Waals surface area (Å²) in [6.07, 6.45) is 7.08. The molecule has 1 aliphatic carbocycles. The van der Waals surface area contributed by atoms with E-state index < -0.39 is 0 Å². The Kier molecular flexibility index (Phi) is 4.86. The molecular formula is C18H36N2. The Morgan fingerprint density at radius 1 is 1.10 bits per heavy atom. The van der Waals surface area contributed by atoms with Gasteiger partial charge in [-0.15, -0.1) is 0 Å². The van der Waals surface area contributed by atoms with Crippen LogP contribution in [0.15, 0.2) is 0 Å². The van der Waals surface area contributed by atoms with Crippen LogP contribution in [0.5, 0.6) is 0 Å². The number of rotatable bonds is 2. The summed E-state index contributed by atoms with van der Waals surface area (Å²) < 4.78 is 0. The van der Waals surface area contributed by atoms with Gasteiger partial charge in [0.2, 0.25) is 0 Å². The lowest BCUT2D eigenvalue weighted by molar-refractivity contribution is -0.0345. The van der Waals surface area contributed by atoms with E-state index in [2.05, 4.69) is 51.8 Å². The highest BCUT2D eigenvalue weighted by Crippen LogP contribution is 2.38. The van der Waals surface area contributed by atoms with Gasteiger partial charge in [-0.1, -0.05) is 53.9 Å². The molecule has 2 nitrogen and oxygen atoms in total. The molecule has 0 amide bonds. The van der Waals surface area contributed by atoms with E-state index in [0.717, 1.165) is 12.5 Å². The van der Waals surface area contributed by atoms with Crippen molar-refractivity contribution in [3.8, 4) is 0 Å². The quantitative estimate of drug-likeness (QED) is 0.821. The van der Waals surface area contributed by atoms with Crippen LogP contribution in [0.1, 0.15) is 73.6 Å². The molecule has 20 heavy (non-hydrogen) atoms. The fourth-order valence-corrected chi connectivity index (χ4v) is 4.17. The molecule has 0 aromatic heterocycles. The Morgan fingerprint density at radius 3 is 2.20 bits per heavy atom. The molecule has 0 spiro atoms. The van der Waals surface area contributed by atoms with Crippen LogP contribution >= 0.6 is 0 Å². The number of piperazine rings is 1. The lowest BCUT2D eigenvalue weighted by atomic mass is 9.76. The third kappa shape index (κ3) is 3.39. The zero-order valence-corrected chi connectivity index (χ0v) is 14.6. The van der Waals surface area contributed by atoms with Gasteiger partial charge in [-0.25, -0.2) is 0 Å². The van der Waals surface area contributed by atoms with Gasteiger partial charge < -0.3 is 5.32 Å². The summed E-state index contributed by atoms with van der Waals surface area (Å²) >= 11 is 0. The fourth-order valence-electron chi connectivity index (χ4n) is 4.17. The van der Waals surface area contributed by atoms with Gasteiger partial charge >= 0.3 is 0 Å². The number of nitrogens with zero attached hydrogens (tertiary/aromatic N) is 1. The standard InChI is InChI=1S/C18H36N2/c1-14(2)15-12-19-16(17(3,4)5)13-20(15)18(6)10-8-7-9-11-18/h14-16,19H,7-13H2,1-6H3. The lowest BCUT2D eigenvalue weighted by Crippen LogP contribution is -2.67. The van der Waals surface area contributed by atoms with Crippen molar-refractivity contribution in [2.75, 3.05) is 13.1 Å². The van der Waals surface area contributed by atoms with Crippen LogP contribution in [0.25, 0.3) is 0 Å². The maximum Gasteiger partial charge on any atom is 0.0249 e. The summed E-state index contributed by atoms with van der Waals surface area (Å²) in [5, 5.41) is 3.84. The summed E-state index contributed by atoms with van der Waals surface area (Å²) in [6.45, 7) is 16.8. The third-order valence-electron chi connectivity index (χ3n) is 5.79. The minimum absolute atomic E-state index is 0.352. The topological polar surface area (TPSA) is 15.3 Å². The van der Waals surface area contributed by atoms with Gasteiger partial charge in [0.25, 0.3) is 0 Å². The van der Waals surface area contributed by atoms with Crippen molar-refractivity contribution < 1.29 is 0 Å². The Hall–Kier alpha value is -0.0800. The van der Waals surface area contributed by atoms with E-state index in [1.807, 2.05) is 0 Å². The van der Waals surface area contributed by atoms with Crippen LogP contribution in [0, 0.1) is 11.3 Å². The molecule has 1 aliphatic heterocycles. The van der Waals surface area contributed by atoms with Crippen molar-refractivity contribution in [2.24, 2.45) is 11.3 Å². The van der Waals surface area contributed by atoms with Crippen LogP contribution in [0.2, 0.25) is 0 Å². The van der Waals surface area contributed by atoms with Gasteiger partial charge in [-0.3, -0.25) is 4.90 Å². The van der Waals surface area contributed by atoms with Gasteiger partial charge in [0, 0.05) is 30.7 Å². The summed E-state index contributed by atoms with van der Waals surface area (Å²) in [7, 11) is 0. The maximum absolute atomic E-state index is 3.84. The maximum atomic E-state index is 3.84. The van der Waals surface area contributed by atoms with Crippen molar-refractivity contribution >= 4 is 0 Å². The van der Waals surface area contributed by atoms with Gasteiger partial charge in [-0.2, -0.15) is 0 Å². The Morgan fingerprint density at radius 2 is 1.70 bits per heavy atom. The predicted molar refractivity (Wildman–Crippen MR) is 88.1 cm³/mol. The first-order valence-corrected chi connectivity index (χ1v) is 8.74. The third-order valence-corrected chi connectivity index (χ3v) is 5.79. The highest BCUT2D eigenvalue weighted by Gasteiger charge is 2.43. The van der Waals surface area contributed by atoms with Crippen LogP contribution in [-0.2, 0) is 0 Å². The van der Waals surface area contributed by atoms with Gasteiger partial charge in [-0.05, 0) is 31.1 Å². The molecule has 0 aromatic carbocycles. The summed E-state index contributed by atoms with van der Waals surface area (Å²) in [5.41, 5.74) is 0.796. The molecule has 2 unspecified atom stereocenters. The molecule has 2 aliphatic rings. The smallest absolute Gasteiger partial charge is 0.0249 e. The van der Waals surface area contributed by atoms with E-state index in [1.54, 1.807) is 0 Å². The van der Waals surface area contributed by atoms with E-state index in [4.69, 9.17) is 0 Å². The largest absolute Gasteiger partial charge is 0.311 e. The van der Waals surface area contributed by atoms with Crippen LogP contribution in [-0.4, -0.2) is 35.6 Å².